The molecule has 1 heterocycles. The van der Waals surface area contributed by atoms with Crippen molar-refractivity contribution < 1.29 is 19.1 Å². The summed E-state index contributed by atoms with van der Waals surface area (Å²) < 4.78 is 9.91. The Balaban J connectivity index is 0.000000585. The van der Waals surface area contributed by atoms with Gasteiger partial charge in [-0.05, 0) is 60.4 Å². The van der Waals surface area contributed by atoms with E-state index >= 15 is 0 Å². The first-order chi connectivity index (χ1) is 10.4. The number of rotatable bonds is 2. The van der Waals surface area contributed by atoms with Crippen LogP contribution in [-0.4, -0.2) is 54.8 Å². The molecule has 1 N–H and O–H groups in total. The molecule has 0 aromatic carbocycles. The van der Waals surface area contributed by atoms with Gasteiger partial charge in [0.2, 0.25) is 0 Å². The Morgan fingerprint density at radius 2 is 1.74 bits per heavy atom. The Hall–Kier alpha value is -1.30. The van der Waals surface area contributed by atoms with Gasteiger partial charge in [-0.1, -0.05) is 6.92 Å². The highest BCUT2D eigenvalue weighted by Gasteiger charge is 2.30. The second-order valence-corrected chi connectivity index (χ2v) is 7.96. The van der Waals surface area contributed by atoms with Crippen molar-refractivity contribution in [3.8, 4) is 0 Å². The monoisotopic (exact) mass is 330 g/mol. The predicted octanol–water partition coefficient (Wildman–Crippen LogP) is 2.81. The standard InChI is InChI=1S/C12H24N2O2.C5H10O2/c1-9-6-7-13-8-10(9)14(5)11(15)16-12(2,3)4;1-5(2,3)7-4-6/h9-10,13H,6-8H2,1-5H3;4H,1-3H3. The lowest BCUT2D eigenvalue weighted by atomic mass is 9.94. The predicted molar refractivity (Wildman–Crippen MR) is 91.3 cm³/mol. The summed E-state index contributed by atoms with van der Waals surface area (Å²) in [7, 11) is 1.82. The molecular formula is C17H34N2O4. The van der Waals surface area contributed by atoms with Crippen molar-refractivity contribution in [1.29, 1.82) is 0 Å². The van der Waals surface area contributed by atoms with Crippen LogP contribution in [0.15, 0.2) is 0 Å². The molecule has 1 amide bonds. The minimum Gasteiger partial charge on any atom is -0.462 e. The quantitative estimate of drug-likeness (QED) is 0.789. The second kappa shape index (κ2) is 9.11. The molecule has 1 aliphatic rings. The molecule has 0 aliphatic carbocycles. The first-order valence-corrected chi connectivity index (χ1v) is 8.15. The van der Waals surface area contributed by atoms with E-state index in [4.69, 9.17) is 4.74 Å². The van der Waals surface area contributed by atoms with Crippen molar-refractivity contribution in [3.63, 3.8) is 0 Å². The fraction of sp³-hybridized carbons (Fsp3) is 0.882. The largest absolute Gasteiger partial charge is 0.462 e. The zero-order chi connectivity index (χ0) is 18.3. The van der Waals surface area contributed by atoms with Crippen LogP contribution in [0, 0.1) is 5.92 Å². The van der Waals surface area contributed by atoms with E-state index in [1.54, 1.807) is 4.90 Å². The van der Waals surface area contributed by atoms with Crippen LogP contribution in [0.3, 0.4) is 0 Å². The van der Waals surface area contributed by atoms with Crippen LogP contribution in [0.4, 0.5) is 4.79 Å². The molecule has 23 heavy (non-hydrogen) atoms. The second-order valence-electron chi connectivity index (χ2n) is 7.96. The molecule has 136 valence electrons. The highest BCUT2D eigenvalue weighted by atomic mass is 16.6. The van der Waals surface area contributed by atoms with Crippen molar-refractivity contribution in [1.82, 2.24) is 10.2 Å². The van der Waals surface area contributed by atoms with E-state index in [1.165, 1.54) is 0 Å². The van der Waals surface area contributed by atoms with Crippen LogP contribution in [0.5, 0.6) is 0 Å². The van der Waals surface area contributed by atoms with E-state index in [9.17, 15) is 9.59 Å². The van der Waals surface area contributed by atoms with E-state index < -0.39 is 5.60 Å². The number of nitrogens with one attached hydrogen (secondary N) is 1. The molecule has 1 rings (SSSR count). The summed E-state index contributed by atoms with van der Waals surface area (Å²) in [5, 5.41) is 3.31. The molecule has 6 nitrogen and oxygen atoms in total. The summed E-state index contributed by atoms with van der Waals surface area (Å²) in [6.45, 7) is 15.7. The summed E-state index contributed by atoms with van der Waals surface area (Å²) in [4.78, 5) is 23.2. The van der Waals surface area contributed by atoms with Gasteiger partial charge in [-0.15, -0.1) is 0 Å². The van der Waals surface area contributed by atoms with Crippen LogP contribution in [-0.2, 0) is 14.3 Å². The number of hydrogen-bond acceptors (Lipinski definition) is 5. The number of nitrogens with zero attached hydrogens (tertiary/aromatic N) is 1. The fourth-order valence-corrected chi connectivity index (χ4v) is 2.11. The van der Waals surface area contributed by atoms with Gasteiger partial charge in [0.05, 0.1) is 0 Å². The van der Waals surface area contributed by atoms with Gasteiger partial charge in [0.25, 0.3) is 6.47 Å². The summed E-state index contributed by atoms with van der Waals surface area (Å²) in [6, 6.07) is 0.239. The number of carbonyl (C=O) groups is 2. The number of carbonyl (C=O) groups excluding carboxylic acids is 2. The van der Waals surface area contributed by atoms with Crippen molar-refractivity contribution in [2.24, 2.45) is 5.92 Å². The third-order valence-electron chi connectivity index (χ3n) is 3.37. The zero-order valence-electron chi connectivity index (χ0n) is 15.9. The molecular weight excluding hydrogens is 296 g/mol. The van der Waals surface area contributed by atoms with Gasteiger partial charge < -0.3 is 19.7 Å². The maximum atomic E-state index is 11.9. The Bertz CT molecular complexity index is 372. The fourth-order valence-electron chi connectivity index (χ4n) is 2.11. The van der Waals surface area contributed by atoms with E-state index in [-0.39, 0.29) is 17.7 Å². The van der Waals surface area contributed by atoms with Gasteiger partial charge in [0.15, 0.2) is 0 Å². The Labute approximate surface area is 140 Å². The number of piperidine rings is 1. The first-order valence-electron chi connectivity index (χ1n) is 8.15. The molecule has 0 aromatic heterocycles. The SMILES string of the molecule is CC(C)(C)OC=O.CC1CCNCC1N(C)C(=O)OC(C)(C)C. The molecule has 6 heteroatoms. The molecule has 2 atom stereocenters. The number of hydrogen-bond donors (Lipinski definition) is 1. The van der Waals surface area contributed by atoms with Gasteiger partial charge in [0.1, 0.15) is 11.2 Å². The van der Waals surface area contributed by atoms with Crippen LogP contribution >= 0.6 is 0 Å². The lowest BCUT2D eigenvalue weighted by molar-refractivity contribution is -0.138. The van der Waals surface area contributed by atoms with E-state index in [1.807, 2.05) is 48.6 Å². The van der Waals surface area contributed by atoms with Crippen LogP contribution < -0.4 is 5.32 Å². The van der Waals surface area contributed by atoms with Crippen molar-refractivity contribution >= 4 is 12.6 Å². The van der Waals surface area contributed by atoms with Crippen molar-refractivity contribution in [2.45, 2.75) is 72.1 Å². The minimum absolute atomic E-state index is 0.229. The highest BCUT2D eigenvalue weighted by molar-refractivity contribution is 5.68. The normalized spacial score (nSPS) is 21.6. The molecule has 0 bridgehead atoms. The van der Waals surface area contributed by atoms with E-state index in [2.05, 4.69) is 17.0 Å². The van der Waals surface area contributed by atoms with Gasteiger partial charge in [-0.2, -0.15) is 0 Å². The smallest absolute Gasteiger partial charge is 0.410 e. The van der Waals surface area contributed by atoms with E-state index in [0.717, 1.165) is 19.5 Å². The maximum Gasteiger partial charge on any atom is 0.410 e. The maximum absolute atomic E-state index is 11.9. The van der Waals surface area contributed by atoms with Crippen LogP contribution in [0.1, 0.15) is 54.9 Å². The molecule has 2 unspecified atom stereocenters. The summed E-state index contributed by atoms with van der Waals surface area (Å²) in [5.41, 5.74) is -0.738. The molecule has 1 aliphatic heterocycles. The zero-order valence-corrected chi connectivity index (χ0v) is 15.9. The van der Waals surface area contributed by atoms with Gasteiger partial charge in [-0.3, -0.25) is 4.79 Å². The molecule has 1 fully saturated rings. The molecule has 1 saturated heterocycles. The Kier molecular flexibility index (Phi) is 8.59. The van der Waals surface area contributed by atoms with Crippen molar-refractivity contribution in [3.05, 3.63) is 0 Å². The Morgan fingerprint density at radius 1 is 1.17 bits per heavy atom. The number of ether oxygens (including phenoxy) is 2. The summed E-state index contributed by atoms with van der Waals surface area (Å²) in [5.74, 6) is 0.527. The van der Waals surface area contributed by atoms with Crippen molar-refractivity contribution in [2.75, 3.05) is 20.1 Å². The van der Waals surface area contributed by atoms with E-state index in [0.29, 0.717) is 12.4 Å². The molecule has 0 saturated carbocycles. The number of likely N-dealkylation sites (N-methyl/N-ethyl adjacent to an activating group) is 1. The average molecular weight is 330 g/mol. The van der Waals surface area contributed by atoms with Gasteiger partial charge in [-0.25, -0.2) is 4.79 Å². The average Bonchev–Trinajstić information content (AvgIpc) is 2.35. The molecule has 0 radical (unpaired) electrons. The third-order valence-corrected chi connectivity index (χ3v) is 3.37. The van der Waals surface area contributed by atoms with Crippen LogP contribution in [0.2, 0.25) is 0 Å². The number of amides is 1. The summed E-state index contributed by atoms with van der Waals surface area (Å²) in [6.07, 6.45) is 0.880. The Morgan fingerprint density at radius 3 is 2.09 bits per heavy atom. The molecule has 0 aromatic rings. The molecule has 0 spiro atoms. The lowest BCUT2D eigenvalue weighted by Gasteiger charge is -2.37. The topological polar surface area (TPSA) is 67.9 Å². The first kappa shape index (κ1) is 21.7. The van der Waals surface area contributed by atoms with Crippen LogP contribution in [0.25, 0.3) is 0 Å². The van der Waals surface area contributed by atoms with Gasteiger partial charge in [0, 0.05) is 19.6 Å². The van der Waals surface area contributed by atoms with Gasteiger partial charge >= 0.3 is 6.09 Å². The lowest BCUT2D eigenvalue weighted by Crippen LogP contribution is -2.52. The third kappa shape index (κ3) is 10.2. The highest BCUT2D eigenvalue weighted by Crippen LogP contribution is 2.18. The summed E-state index contributed by atoms with van der Waals surface area (Å²) >= 11 is 0. The minimum atomic E-state index is -0.420.